The highest BCUT2D eigenvalue weighted by Gasteiger charge is 2.40. The van der Waals surface area contributed by atoms with Crippen LogP contribution in [-0.2, 0) is 0 Å². The molecule has 2 aliphatic rings. The number of anilines is 2. The zero-order chi connectivity index (χ0) is 22.7. The van der Waals surface area contributed by atoms with Crippen LogP contribution in [0.5, 0.6) is 0 Å². The van der Waals surface area contributed by atoms with Gasteiger partial charge in [0.2, 0.25) is 5.43 Å². The van der Waals surface area contributed by atoms with Crippen molar-refractivity contribution in [1.82, 2.24) is 9.88 Å². The Hall–Kier alpha value is -2.87. The maximum Gasteiger partial charge on any atom is 0.341 e. The molecule has 1 atom stereocenters. The quantitative estimate of drug-likeness (QED) is 0.480. The number of nitrogens with one attached hydrogen (secondary N) is 1. The van der Waals surface area contributed by atoms with E-state index in [1.165, 1.54) is 13.1 Å². The van der Waals surface area contributed by atoms with Crippen molar-refractivity contribution in [3.63, 3.8) is 0 Å². The van der Waals surface area contributed by atoms with Crippen LogP contribution in [0, 0.1) is 11.3 Å². The Labute approximate surface area is 181 Å². The third-order valence-electron chi connectivity index (χ3n) is 6.77. The third-order valence-corrected chi connectivity index (χ3v) is 6.77. The van der Waals surface area contributed by atoms with E-state index < -0.39 is 11.4 Å². The summed E-state index contributed by atoms with van der Waals surface area (Å²) in [6.07, 6.45) is 3.14. The van der Waals surface area contributed by atoms with Gasteiger partial charge in [0.15, 0.2) is 5.78 Å². The number of aromatic carboxylic acids is 1. The fourth-order valence-corrected chi connectivity index (χ4v) is 4.93. The highest BCUT2D eigenvalue weighted by molar-refractivity contribution is 6.14. The van der Waals surface area contributed by atoms with Gasteiger partial charge in [0.1, 0.15) is 5.56 Å². The first-order valence-corrected chi connectivity index (χ1v) is 10.7. The summed E-state index contributed by atoms with van der Waals surface area (Å²) in [6, 6.07) is 1.75. The number of ketones is 1. The van der Waals surface area contributed by atoms with Gasteiger partial charge in [-0.25, -0.2) is 4.79 Å². The number of carbonyl (C=O) groups is 2. The van der Waals surface area contributed by atoms with E-state index in [2.05, 4.69) is 24.1 Å². The first kappa shape index (κ1) is 21.4. The SMILES string of the molecule is CNCC1CN(c2cc(N)c3c(=O)c(C(=O)O)cn(C4CC4)c3c2C(C)=O)CC1(C)C. The molecule has 1 unspecified atom stereocenters. The van der Waals surface area contributed by atoms with E-state index in [0.717, 1.165) is 38.2 Å². The molecule has 2 aromatic rings. The minimum absolute atomic E-state index is 0.0319. The third kappa shape index (κ3) is 3.48. The molecule has 1 saturated heterocycles. The number of hydrogen-bond acceptors (Lipinski definition) is 6. The van der Waals surface area contributed by atoms with E-state index in [1.807, 2.05) is 7.05 Å². The predicted octanol–water partition coefficient (Wildman–Crippen LogP) is 2.50. The van der Waals surface area contributed by atoms with E-state index in [-0.39, 0.29) is 33.9 Å². The summed E-state index contributed by atoms with van der Waals surface area (Å²) in [5, 5.41) is 12.9. The van der Waals surface area contributed by atoms with Gasteiger partial charge in [0, 0.05) is 31.0 Å². The fraction of sp³-hybridized carbons (Fsp3) is 0.522. The molecule has 2 fully saturated rings. The number of nitrogen functional groups attached to an aromatic ring is 1. The molecule has 0 radical (unpaired) electrons. The van der Waals surface area contributed by atoms with Crippen molar-refractivity contribution >= 4 is 34.0 Å². The molecule has 8 heteroatoms. The van der Waals surface area contributed by atoms with Crippen molar-refractivity contribution in [2.24, 2.45) is 11.3 Å². The molecule has 31 heavy (non-hydrogen) atoms. The Kier molecular flexibility index (Phi) is 5.08. The number of fused-ring (bicyclic) bond motifs is 1. The summed E-state index contributed by atoms with van der Waals surface area (Å²) in [7, 11) is 1.93. The lowest BCUT2D eigenvalue weighted by atomic mass is 9.82. The summed E-state index contributed by atoms with van der Waals surface area (Å²) in [6.45, 7) is 8.30. The molecule has 4 N–H and O–H groups in total. The second-order valence-electron chi connectivity index (χ2n) is 9.58. The monoisotopic (exact) mass is 426 g/mol. The topological polar surface area (TPSA) is 118 Å². The van der Waals surface area contributed by atoms with Crippen LogP contribution >= 0.6 is 0 Å². The lowest BCUT2D eigenvalue weighted by Crippen LogP contribution is -2.30. The van der Waals surface area contributed by atoms with Crippen LogP contribution in [0.4, 0.5) is 11.4 Å². The number of pyridine rings is 1. The highest BCUT2D eigenvalue weighted by Crippen LogP contribution is 2.44. The van der Waals surface area contributed by atoms with Gasteiger partial charge in [-0.05, 0) is 50.8 Å². The van der Waals surface area contributed by atoms with Gasteiger partial charge in [0.25, 0.3) is 0 Å². The fourth-order valence-electron chi connectivity index (χ4n) is 4.93. The standard InChI is InChI=1S/C23H30N4O4/c1-12(28)18-17(26-9-13(8-25-4)23(2,3)11-26)7-16(24)19-20(18)27(14-5-6-14)10-15(21(19)29)22(30)31/h7,10,13-14,25H,5-6,8-9,11,24H2,1-4H3,(H,30,31). The molecule has 0 bridgehead atoms. The number of carboxylic acids is 1. The van der Waals surface area contributed by atoms with Crippen LogP contribution in [0.3, 0.4) is 0 Å². The number of nitrogens with two attached hydrogens (primary N) is 1. The van der Waals surface area contributed by atoms with Crippen LogP contribution in [0.1, 0.15) is 60.4 Å². The zero-order valence-electron chi connectivity index (χ0n) is 18.5. The summed E-state index contributed by atoms with van der Waals surface area (Å²) in [4.78, 5) is 39.8. The van der Waals surface area contributed by atoms with E-state index >= 15 is 0 Å². The number of rotatable bonds is 6. The van der Waals surface area contributed by atoms with Gasteiger partial charge in [-0.15, -0.1) is 0 Å². The normalized spacial score (nSPS) is 20.4. The molecular weight excluding hydrogens is 396 g/mol. The largest absolute Gasteiger partial charge is 0.477 e. The molecule has 1 aromatic carbocycles. The molecule has 166 valence electrons. The molecule has 1 aromatic heterocycles. The Morgan fingerprint density at radius 3 is 2.55 bits per heavy atom. The van der Waals surface area contributed by atoms with Gasteiger partial charge in [-0.2, -0.15) is 0 Å². The first-order valence-electron chi connectivity index (χ1n) is 10.7. The molecule has 0 spiro atoms. The minimum Gasteiger partial charge on any atom is -0.477 e. The summed E-state index contributed by atoms with van der Waals surface area (Å²) >= 11 is 0. The Morgan fingerprint density at radius 1 is 1.32 bits per heavy atom. The average molecular weight is 427 g/mol. The van der Waals surface area contributed by atoms with E-state index in [1.54, 1.807) is 10.6 Å². The minimum atomic E-state index is -1.29. The first-order chi connectivity index (χ1) is 14.6. The van der Waals surface area contributed by atoms with E-state index in [9.17, 15) is 19.5 Å². The number of Topliss-reactive ketones (excluding diaryl/α,β-unsaturated/α-hetero) is 1. The maximum atomic E-state index is 13.0. The van der Waals surface area contributed by atoms with Crippen molar-refractivity contribution in [2.45, 2.75) is 39.7 Å². The van der Waals surface area contributed by atoms with Crippen LogP contribution in [-0.4, -0.2) is 48.1 Å². The molecule has 8 nitrogen and oxygen atoms in total. The number of hydrogen-bond donors (Lipinski definition) is 3. The molecule has 1 aliphatic carbocycles. The van der Waals surface area contributed by atoms with Crippen molar-refractivity contribution < 1.29 is 14.7 Å². The van der Waals surface area contributed by atoms with Crippen molar-refractivity contribution in [1.29, 1.82) is 0 Å². The highest BCUT2D eigenvalue weighted by atomic mass is 16.4. The van der Waals surface area contributed by atoms with Crippen LogP contribution < -0.4 is 21.4 Å². The van der Waals surface area contributed by atoms with Crippen molar-refractivity contribution in [3.05, 3.63) is 33.6 Å². The Balaban J connectivity index is 2.01. The van der Waals surface area contributed by atoms with Gasteiger partial charge >= 0.3 is 5.97 Å². The molecule has 0 amide bonds. The smallest absolute Gasteiger partial charge is 0.341 e. The molecular formula is C23H30N4O4. The van der Waals surface area contributed by atoms with E-state index in [4.69, 9.17) is 5.73 Å². The Morgan fingerprint density at radius 2 is 2.00 bits per heavy atom. The van der Waals surface area contributed by atoms with Crippen LogP contribution in [0.2, 0.25) is 0 Å². The number of carboxylic acid groups (broad SMARTS) is 1. The van der Waals surface area contributed by atoms with Gasteiger partial charge < -0.3 is 25.6 Å². The summed E-state index contributed by atoms with van der Waals surface area (Å²) < 4.78 is 1.79. The number of aromatic nitrogens is 1. The lowest BCUT2D eigenvalue weighted by molar-refractivity contribution is 0.0694. The van der Waals surface area contributed by atoms with Crippen molar-refractivity contribution in [3.8, 4) is 0 Å². The lowest BCUT2D eigenvalue weighted by Gasteiger charge is -2.26. The number of benzene rings is 1. The number of nitrogens with zero attached hydrogens (tertiary/aromatic N) is 2. The predicted molar refractivity (Wildman–Crippen MR) is 121 cm³/mol. The van der Waals surface area contributed by atoms with Crippen molar-refractivity contribution in [2.75, 3.05) is 37.3 Å². The van der Waals surface area contributed by atoms with Gasteiger partial charge in [-0.1, -0.05) is 13.8 Å². The summed E-state index contributed by atoms with van der Waals surface area (Å²) in [5.74, 6) is -1.06. The van der Waals surface area contributed by atoms with Crippen LogP contribution in [0.15, 0.2) is 17.1 Å². The second kappa shape index (κ2) is 7.37. The molecule has 1 aliphatic heterocycles. The maximum absolute atomic E-state index is 13.0. The van der Waals surface area contributed by atoms with E-state index in [0.29, 0.717) is 17.0 Å². The zero-order valence-corrected chi connectivity index (χ0v) is 18.5. The molecule has 1 saturated carbocycles. The Bertz CT molecular complexity index is 1150. The summed E-state index contributed by atoms with van der Waals surface area (Å²) in [5.41, 5.74) is 7.29. The van der Waals surface area contributed by atoms with Gasteiger partial charge in [-0.3, -0.25) is 9.59 Å². The average Bonchev–Trinajstić information content (AvgIpc) is 3.46. The second-order valence-corrected chi connectivity index (χ2v) is 9.58. The molecule has 4 rings (SSSR count). The molecule has 2 heterocycles. The number of carbonyl (C=O) groups excluding carboxylic acids is 1. The van der Waals surface area contributed by atoms with Gasteiger partial charge in [0.05, 0.1) is 22.2 Å². The van der Waals surface area contributed by atoms with Crippen LogP contribution in [0.25, 0.3) is 10.9 Å².